The molecule has 0 saturated carbocycles. The Hall–Kier alpha value is -1.32. The van der Waals surface area contributed by atoms with Crippen molar-refractivity contribution in [2.24, 2.45) is 5.92 Å². The summed E-state index contributed by atoms with van der Waals surface area (Å²) in [7, 11) is 0. The standard InChI is InChI=1S/C15H19ClN2O/c16-9-4-10-18-11-7-13(8-12-18)15(19)17-14-5-2-1-3-6-14/h1-6,9,13H,7-8,10-12H2,(H,17,19)/b9-4+. The normalized spacial score (nSPS) is 17.7. The van der Waals surface area contributed by atoms with Crippen molar-refractivity contribution in [3.05, 3.63) is 41.9 Å². The molecule has 1 aromatic rings. The predicted molar refractivity (Wildman–Crippen MR) is 79.2 cm³/mol. The van der Waals surface area contributed by atoms with Crippen molar-refractivity contribution >= 4 is 23.2 Å². The molecule has 3 nitrogen and oxygen atoms in total. The summed E-state index contributed by atoms with van der Waals surface area (Å²) < 4.78 is 0. The molecule has 0 unspecified atom stereocenters. The Labute approximate surface area is 119 Å². The van der Waals surface area contributed by atoms with Crippen LogP contribution in [0.4, 0.5) is 5.69 Å². The van der Waals surface area contributed by atoms with E-state index < -0.39 is 0 Å². The van der Waals surface area contributed by atoms with Crippen LogP contribution in [-0.2, 0) is 4.79 Å². The predicted octanol–water partition coefficient (Wildman–Crippen LogP) is 3.09. The Bertz CT molecular complexity index is 425. The smallest absolute Gasteiger partial charge is 0.227 e. The Balaban J connectivity index is 1.79. The zero-order valence-corrected chi connectivity index (χ0v) is 11.6. The number of para-hydroxylation sites is 1. The van der Waals surface area contributed by atoms with Crippen LogP contribution in [0.25, 0.3) is 0 Å². The first-order valence-electron chi connectivity index (χ1n) is 6.63. The molecule has 2 rings (SSSR count). The van der Waals surface area contributed by atoms with Gasteiger partial charge in [0.1, 0.15) is 0 Å². The number of hydrogen-bond donors (Lipinski definition) is 1. The van der Waals surface area contributed by atoms with E-state index in [1.807, 2.05) is 36.4 Å². The molecule has 0 spiro atoms. The summed E-state index contributed by atoms with van der Waals surface area (Å²) in [6.45, 7) is 2.78. The van der Waals surface area contributed by atoms with E-state index in [2.05, 4.69) is 10.2 Å². The number of anilines is 1. The van der Waals surface area contributed by atoms with Gasteiger partial charge < -0.3 is 5.32 Å². The Morgan fingerprint density at radius 2 is 2.00 bits per heavy atom. The zero-order valence-electron chi connectivity index (χ0n) is 10.9. The second-order valence-electron chi connectivity index (χ2n) is 4.79. The third-order valence-corrected chi connectivity index (χ3v) is 3.63. The highest BCUT2D eigenvalue weighted by atomic mass is 35.5. The third-order valence-electron chi connectivity index (χ3n) is 3.45. The summed E-state index contributed by atoms with van der Waals surface area (Å²) in [6, 6.07) is 9.63. The second-order valence-corrected chi connectivity index (χ2v) is 5.04. The van der Waals surface area contributed by atoms with Crippen molar-refractivity contribution < 1.29 is 4.79 Å². The molecule has 1 fully saturated rings. The van der Waals surface area contributed by atoms with Gasteiger partial charge in [-0.25, -0.2) is 0 Å². The van der Waals surface area contributed by atoms with E-state index in [1.165, 1.54) is 0 Å². The first-order valence-corrected chi connectivity index (χ1v) is 7.06. The number of halogens is 1. The van der Waals surface area contributed by atoms with E-state index in [-0.39, 0.29) is 11.8 Å². The highest BCUT2D eigenvalue weighted by Gasteiger charge is 2.24. The molecule has 0 atom stereocenters. The number of carbonyl (C=O) groups excluding carboxylic acids is 1. The van der Waals surface area contributed by atoms with Crippen molar-refractivity contribution in [3.63, 3.8) is 0 Å². The average molecular weight is 279 g/mol. The molecule has 102 valence electrons. The molecule has 1 saturated heterocycles. The van der Waals surface area contributed by atoms with E-state index in [9.17, 15) is 4.79 Å². The molecule has 0 aliphatic carbocycles. The molecular weight excluding hydrogens is 260 g/mol. The lowest BCUT2D eigenvalue weighted by Crippen LogP contribution is -2.38. The van der Waals surface area contributed by atoms with Crippen LogP contribution in [0.2, 0.25) is 0 Å². The lowest BCUT2D eigenvalue weighted by atomic mass is 9.96. The number of rotatable bonds is 4. The quantitative estimate of drug-likeness (QED) is 0.918. The van der Waals surface area contributed by atoms with Gasteiger partial charge in [-0.1, -0.05) is 35.9 Å². The van der Waals surface area contributed by atoms with E-state index in [4.69, 9.17) is 11.6 Å². The first kappa shape index (κ1) is 14.1. The number of piperidine rings is 1. The molecule has 1 amide bonds. The van der Waals surface area contributed by atoms with Gasteiger partial charge in [-0.2, -0.15) is 0 Å². The van der Waals surface area contributed by atoms with Gasteiger partial charge in [0, 0.05) is 23.7 Å². The lowest BCUT2D eigenvalue weighted by molar-refractivity contribution is -0.121. The molecule has 1 aliphatic rings. The summed E-state index contributed by atoms with van der Waals surface area (Å²) in [4.78, 5) is 14.4. The lowest BCUT2D eigenvalue weighted by Gasteiger charge is -2.30. The highest BCUT2D eigenvalue weighted by molar-refractivity contribution is 6.25. The third kappa shape index (κ3) is 4.37. The van der Waals surface area contributed by atoms with Gasteiger partial charge in [-0.3, -0.25) is 9.69 Å². The van der Waals surface area contributed by atoms with Crippen molar-refractivity contribution in [2.45, 2.75) is 12.8 Å². The Morgan fingerprint density at radius 3 is 2.63 bits per heavy atom. The molecule has 0 radical (unpaired) electrons. The van der Waals surface area contributed by atoms with Crippen LogP contribution in [0.1, 0.15) is 12.8 Å². The van der Waals surface area contributed by atoms with Crippen LogP contribution < -0.4 is 5.32 Å². The molecule has 1 aliphatic heterocycles. The van der Waals surface area contributed by atoms with Crippen molar-refractivity contribution in [1.82, 2.24) is 4.90 Å². The number of amides is 1. The number of benzene rings is 1. The van der Waals surface area contributed by atoms with Crippen LogP contribution in [0.5, 0.6) is 0 Å². The van der Waals surface area contributed by atoms with Gasteiger partial charge in [0.05, 0.1) is 0 Å². The fraction of sp³-hybridized carbons (Fsp3) is 0.400. The van der Waals surface area contributed by atoms with Crippen LogP contribution in [-0.4, -0.2) is 30.4 Å². The van der Waals surface area contributed by atoms with Gasteiger partial charge in [0.25, 0.3) is 0 Å². The summed E-state index contributed by atoms with van der Waals surface area (Å²) in [6.07, 6.45) is 3.76. The van der Waals surface area contributed by atoms with E-state index in [0.717, 1.165) is 38.2 Å². The Kier molecular flexibility index (Phi) is 5.43. The van der Waals surface area contributed by atoms with Crippen LogP contribution in [0.3, 0.4) is 0 Å². The maximum Gasteiger partial charge on any atom is 0.227 e. The Morgan fingerprint density at radius 1 is 1.32 bits per heavy atom. The van der Waals surface area contributed by atoms with Crippen molar-refractivity contribution in [3.8, 4) is 0 Å². The maximum absolute atomic E-state index is 12.1. The SMILES string of the molecule is O=C(Nc1ccccc1)C1CCN(C/C=C/Cl)CC1. The molecule has 1 heterocycles. The van der Waals surface area contributed by atoms with Crippen LogP contribution in [0, 0.1) is 5.92 Å². The topological polar surface area (TPSA) is 32.3 Å². The minimum Gasteiger partial charge on any atom is -0.326 e. The van der Waals surface area contributed by atoms with Crippen LogP contribution in [0.15, 0.2) is 41.9 Å². The number of carbonyl (C=O) groups is 1. The van der Waals surface area contributed by atoms with Gasteiger partial charge in [0.2, 0.25) is 5.91 Å². The second kappa shape index (κ2) is 7.31. The number of nitrogens with one attached hydrogen (secondary N) is 1. The summed E-state index contributed by atoms with van der Waals surface area (Å²) in [5.41, 5.74) is 2.42. The first-order chi connectivity index (χ1) is 9.29. The van der Waals surface area contributed by atoms with Crippen molar-refractivity contribution in [2.75, 3.05) is 25.0 Å². The summed E-state index contributed by atoms with van der Waals surface area (Å²) in [5.74, 6) is 0.259. The van der Waals surface area contributed by atoms with Crippen molar-refractivity contribution in [1.29, 1.82) is 0 Å². The minimum absolute atomic E-state index is 0.122. The molecule has 0 aromatic heterocycles. The molecule has 1 aromatic carbocycles. The molecular formula is C15H19ClN2O. The van der Waals surface area contributed by atoms with Crippen LogP contribution >= 0.6 is 11.6 Å². The molecule has 19 heavy (non-hydrogen) atoms. The number of nitrogens with zero attached hydrogens (tertiary/aromatic N) is 1. The number of hydrogen-bond acceptors (Lipinski definition) is 2. The van der Waals surface area contributed by atoms with Gasteiger partial charge >= 0.3 is 0 Å². The largest absolute Gasteiger partial charge is 0.326 e. The fourth-order valence-corrected chi connectivity index (χ4v) is 2.41. The van der Waals surface area contributed by atoms with E-state index in [1.54, 1.807) is 5.54 Å². The highest BCUT2D eigenvalue weighted by Crippen LogP contribution is 2.19. The van der Waals surface area contributed by atoms with Gasteiger partial charge in [-0.05, 0) is 38.1 Å². The van der Waals surface area contributed by atoms with E-state index in [0.29, 0.717) is 0 Å². The number of likely N-dealkylation sites (tertiary alicyclic amines) is 1. The maximum atomic E-state index is 12.1. The van der Waals surface area contributed by atoms with Gasteiger partial charge in [-0.15, -0.1) is 0 Å². The minimum atomic E-state index is 0.122. The van der Waals surface area contributed by atoms with Gasteiger partial charge in [0.15, 0.2) is 0 Å². The van der Waals surface area contributed by atoms with E-state index >= 15 is 0 Å². The average Bonchev–Trinajstić information content (AvgIpc) is 2.46. The fourth-order valence-electron chi connectivity index (χ4n) is 2.33. The molecule has 1 N–H and O–H groups in total. The monoisotopic (exact) mass is 278 g/mol. The molecule has 0 bridgehead atoms. The molecule has 4 heteroatoms. The zero-order chi connectivity index (χ0) is 13.5. The summed E-state index contributed by atoms with van der Waals surface area (Å²) in [5, 5.41) is 2.98. The summed E-state index contributed by atoms with van der Waals surface area (Å²) >= 11 is 5.52.